The van der Waals surface area contributed by atoms with Gasteiger partial charge in [-0.3, -0.25) is 14.4 Å². The van der Waals surface area contributed by atoms with Gasteiger partial charge in [0.1, 0.15) is 23.8 Å². The number of aryl methyl sites for hydroxylation is 1. The number of pyridine rings is 1. The third-order valence-electron chi connectivity index (χ3n) is 5.87. The Bertz CT molecular complexity index is 1500. The molecule has 190 valence electrons. The van der Waals surface area contributed by atoms with Crippen LogP contribution >= 0.6 is 0 Å². The van der Waals surface area contributed by atoms with Crippen molar-refractivity contribution in [2.75, 3.05) is 26.1 Å². The van der Waals surface area contributed by atoms with E-state index in [9.17, 15) is 14.4 Å². The Hall–Kier alpha value is -4.59. The van der Waals surface area contributed by atoms with Crippen molar-refractivity contribution in [1.82, 2.24) is 4.57 Å². The number of methoxy groups -OCH3 is 2. The minimum atomic E-state index is -0.420. The molecule has 0 unspecified atom stereocenters. The highest BCUT2D eigenvalue weighted by Gasteiger charge is 2.19. The van der Waals surface area contributed by atoms with Crippen LogP contribution < -0.4 is 25.0 Å². The number of benzene rings is 3. The number of aromatic nitrogens is 1. The molecule has 0 aliphatic rings. The highest BCUT2D eigenvalue weighted by atomic mass is 16.5. The zero-order chi connectivity index (χ0) is 26.5. The second kappa shape index (κ2) is 11.0. The molecule has 0 bridgehead atoms. The third-order valence-corrected chi connectivity index (χ3v) is 5.87. The van der Waals surface area contributed by atoms with Crippen LogP contribution in [0, 0.1) is 6.92 Å². The van der Waals surface area contributed by atoms with Gasteiger partial charge in [0.25, 0.3) is 0 Å². The molecule has 0 saturated heterocycles. The first-order chi connectivity index (χ1) is 17.8. The number of ether oxygens (including phenoxy) is 3. The first kappa shape index (κ1) is 25.5. The van der Waals surface area contributed by atoms with Gasteiger partial charge in [0, 0.05) is 35.6 Å². The Morgan fingerprint density at radius 1 is 0.892 bits per heavy atom. The van der Waals surface area contributed by atoms with Crippen molar-refractivity contribution in [2.24, 2.45) is 0 Å². The van der Waals surface area contributed by atoms with E-state index in [1.807, 2.05) is 26.0 Å². The van der Waals surface area contributed by atoms with Crippen LogP contribution in [0.2, 0.25) is 0 Å². The van der Waals surface area contributed by atoms with E-state index in [0.29, 0.717) is 46.0 Å². The average Bonchev–Trinajstić information content (AvgIpc) is 2.90. The molecule has 0 saturated carbocycles. The number of carbonyl (C=O) groups excluding carboxylic acids is 2. The maximum Gasteiger partial charge on any atom is 0.244 e. The Kier molecular flexibility index (Phi) is 7.57. The predicted molar refractivity (Wildman–Crippen MR) is 142 cm³/mol. The quantitative estimate of drug-likeness (QED) is 0.338. The fourth-order valence-electron chi connectivity index (χ4n) is 4.02. The van der Waals surface area contributed by atoms with Crippen LogP contribution in [0.25, 0.3) is 10.9 Å². The highest BCUT2D eigenvalue weighted by molar-refractivity contribution is 6.10. The average molecular weight is 501 g/mol. The molecule has 8 nitrogen and oxygen atoms in total. The van der Waals surface area contributed by atoms with Crippen molar-refractivity contribution in [2.45, 2.75) is 20.4 Å². The lowest BCUT2D eigenvalue weighted by Crippen LogP contribution is -2.24. The second-order valence-corrected chi connectivity index (χ2v) is 8.46. The number of fused-ring (bicyclic) bond motifs is 1. The van der Waals surface area contributed by atoms with Crippen LogP contribution in [0.5, 0.6) is 17.2 Å². The van der Waals surface area contributed by atoms with Gasteiger partial charge in [-0.2, -0.15) is 0 Å². The molecule has 8 heteroatoms. The van der Waals surface area contributed by atoms with Crippen LogP contribution in [-0.4, -0.2) is 37.1 Å². The van der Waals surface area contributed by atoms with E-state index in [0.717, 1.165) is 5.56 Å². The molecule has 0 atom stereocenters. The summed E-state index contributed by atoms with van der Waals surface area (Å²) in [6.45, 7) is 4.05. The van der Waals surface area contributed by atoms with E-state index in [-0.39, 0.29) is 18.0 Å². The monoisotopic (exact) mass is 500 g/mol. The van der Waals surface area contributed by atoms with E-state index >= 15 is 0 Å². The number of hydrogen-bond acceptors (Lipinski definition) is 6. The van der Waals surface area contributed by atoms with Crippen LogP contribution in [-0.2, 0) is 11.3 Å². The lowest BCUT2D eigenvalue weighted by Gasteiger charge is -2.15. The molecule has 1 aromatic heterocycles. The molecular formula is C29H28N2O6. The number of rotatable bonds is 9. The van der Waals surface area contributed by atoms with Gasteiger partial charge < -0.3 is 24.1 Å². The highest BCUT2D eigenvalue weighted by Crippen LogP contribution is 2.26. The van der Waals surface area contributed by atoms with Gasteiger partial charge in [-0.25, -0.2) is 0 Å². The molecule has 4 aromatic rings. The van der Waals surface area contributed by atoms with Gasteiger partial charge >= 0.3 is 0 Å². The Labute approximate surface area is 214 Å². The van der Waals surface area contributed by atoms with Gasteiger partial charge in [0.2, 0.25) is 11.3 Å². The zero-order valence-electron chi connectivity index (χ0n) is 21.2. The van der Waals surface area contributed by atoms with Gasteiger partial charge in [0.15, 0.2) is 5.78 Å². The normalized spacial score (nSPS) is 10.7. The Morgan fingerprint density at radius 3 is 2.19 bits per heavy atom. The Morgan fingerprint density at radius 2 is 1.57 bits per heavy atom. The van der Waals surface area contributed by atoms with E-state index < -0.39 is 11.2 Å². The lowest BCUT2D eigenvalue weighted by molar-refractivity contribution is -0.116. The van der Waals surface area contributed by atoms with Gasteiger partial charge in [-0.1, -0.05) is 29.8 Å². The van der Waals surface area contributed by atoms with Gasteiger partial charge in [-0.05, 0) is 32.0 Å². The summed E-state index contributed by atoms with van der Waals surface area (Å²) >= 11 is 0. The predicted octanol–water partition coefficient (Wildman–Crippen LogP) is 4.60. The molecule has 0 fully saturated rings. The maximum atomic E-state index is 13.4. The number of amides is 1. The molecule has 1 N–H and O–H groups in total. The Balaban J connectivity index is 1.76. The minimum Gasteiger partial charge on any atom is -0.497 e. The van der Waals surface area contributed by atoms with E-state index in [1.54, 1.807) is 53.1 Å². The summed E-state index contributed by atoms with van der Waals surface area (Å²) in [7, 11) is 3.05. The number of ketones is 1. The number of carbonyl (C=O) groups is 2. The second-order valence-electron chi connectivity index (χ2n) is 8.46. The molecule has 0 spiro atoms. The first-order valence-electron chi connectivity index (χ1n) is 11.8. The summed E-state index contributed by atoms with van der Waals surface area (Å²) in [6.07, 6.45) is 1.44. The molecular weight excluding hydrogens is 472 g/mol. The molecule has 1 amide bonds. The number of nitrogens with one attached hydrogen (secondary N) is 1. The molecule has 37 heavy (non-hydrogen) atoms. The topological polar surface area (TPSA) is 95.9 Å². The maximum absolute atomic E-state index is 13.4. The number of anilines is 1. The van der Waals surface area contributed by atoms with E-state index in [4.69, 9.17) is 14.2 Å². The third kappa shape index (κ3) is 5.64. The number of nitrogens with zero attached hydrogens (tertiary/aromatic N) is 1. The molecule has 0 radical (unpaired) electrons. The van der Waals surface area contributed by atoms with Crippen molar-refractivity contribution in [3.05, 3.63) is 93.8 Å². The minimum absolute atomic E-state index is 0.0270. The van der Waals surface area contributed by atoms with Crippen molar-refractivity contribution in [3.63, 3.8) is 0 Å². The van der Waals surface area contributed by atoms with Crippen molar-refractivity contribution >= 4 is 28.3 Å². The summed E-state index contributed by atoms with van der Waals surface area (Å²) in [5.74, 6) is 0.783. The van der Waals surface area contributed by atoms with Gasteiger partial charge in [-0.15, -0.1) is 0 Å². The van der Waals surface area contributed by atoms with Crippen LogP contribution in [0.15, 0.2) is 71.7 Å². The zero-order valence-corrected chi connectivity index (χ0v) is 21.2. The summed E-state index contributed by atoms with van der Waals surface area (Å²) in [5, 5.41) is 3.12. The smallest absolute Gasteiger partial charge is 0.244 e. The molecule has 1 heterocycles. The van der Waals surface area contributed by atoms with E-state index in [2.05, 4.69) is 5.32 Å². The molecule has 0 aliphatic heterocycles. The van der Waals surface area contributed by atoms with Crippen molar-refractivity contribution in [3.8, 4) is 17.2 Å². The first-order valence-corrected chi connectivity index (χ1v) is 11.8. The van der Waals surface area contributed by atoms with Crippen LogP contribution in [0.3, 0.4) is 0 Å². The van der Waals surface area contributed by atoms with Crippen LogP contribution in [0.1, 0.15) is 28.4 Å². The summed E-state index contributed by atoms with van der Waals surface area (Å²) in [5.41, 5.74) is 1.94. The van der Waals surface area contributed by atoms with Crippen molar-refractivity contribution in [1.29, 1.82) is 0 Å². The van der Waals surface area contributed by atoms with Crippen LogP contribution in [0.4, 0.5) is 5.69 Å². The summed E-state index contributed by atoms with van der Waals surface area (Å²) in [4.78, 5) is 39.8. The standard InChI is InChI=1S/C29H28N2O6/c1-5-37-21-10-11-26-24(15-21)29(34)25(28(33)19-8-6-18(2)7-9-19)16-31(26)17-27(32)30-20-12-22(35-3)14-23(13-20)36-4/h6-16H,5,17H2,1-4H3,(H,30,32). The fraction of sp³-hybridized carbons (Fsp3) is 0.207. The summed E-state index contributed by atoms with van der Waals surface area (Å²) in [6, 6.07) is 17.1. The van der Waals surface area contributed by atoms with Crippen molar-refractivity contribution < 1.29 is 23.8 Å². The lowest BCUT2D eigenvalue weighted by atomic mass is 10.0. The largest absolute Gasteiger partial charge is 0.497 e. The van der Waals surface area contributed by atoms with E-state index in [1.165, 1.54) is 20.4 Å². The SMILES string of the molecule is CCOc1ccc2c(c1)c(=O)c(C(=O)c1ccc(C)cc1)cn2CC(=O)Nc1cc(OC)cc(OC)c1. The summed E-state index contributed by atoms with van der Waals surface area (Å²) < 4.78 is 17.7. The fourth-order valence-corrected chi connectivity index (χ4v) is 4.02. The van der Waals surface area contributed by atoms with Gasteiger partial charge in [0.05, 0.1) is 37.3 Å². The molecule has 0 aliphatic carbocycles. The molecule has 4 rings (SSSR count). The number of hydrogen-bond donors (Lipinski definition) is 1. The molecule has 3 aromatic carbocycles.